The van der Waals surface area contributed by atoms with E-state index in [1.807, 2.05) is 43.1 Å². The van der Waals surface area contributed by atoms with Crippen LogP contribution < -0.4 is 26.0 Å². The third-order valence-electron chi connectivity index (χ3n) is 13.1. The summed E-state index contributed by atoms with van der Waals surface area (Å²) >= 11 is 0. The number of ether oxygens (including phenoxy) is 2. The summed E-state index contributed by atoms with van der Waals surface area (Å²) in [6.07, 6.45) is 12.0. The first-order chi connectivity index (χ1) is 28.5. The molecule has 1 aromatic carbocycles. The first-order valence-electron chi connectivity index (χ1n) is 21.5. The van der Waals surface area contributed by atoms with Crippen molar-refractivity contribution in [1.29, 1.82) is 5.41 Å². The van der Waals surface area contributed by atoms with Gasteiger partial charge in [0.1, 0.15) is 17.7 Å². The van der Waals surface area contributed by atoms with Crippen LogP contribution in [0.2, 0.25) is 0 Å². The van der Waals surface area contributed by atoms with E-state index in [9.17, 15) is 15.0 Å². The highest BCUT2D eigenvalue weighted by Crippen LogP contribution is 2.40. The van der Waals surface area contributed by atoms with E-state index in [0.717, 1.165) is 109 Å². The number of rotatable bonds is 13. The number of hydrogen-bond acceptors (Lipinski definition) is 13. The maximum absolute atomic E-state index is 11.6. The van der Waals surface area contributed by atoms with Crippen LogP contribution in [0.1, 0.15) is 65.2 Å². The number of phenolic OH excluding ortho intramolecular Hbond substituents is 1. The molecular formula is C44H60N10O5. The standard InChI is InChI=1S/C44H60N10O5/c1-27(2)42(44(56)57)36(45)22-40(46)52-17-10-28(11-18-52)24-51-15-12-32(13-16-51)58-33-20-34(21-33)59-41-19-29(9-14-48-41)54-30-7-8-31(54)26-53(25-30)38-23-37(49-50-43(38)47)35-5-3-4-6-39(35)55/h3-6,9,14,19,22-23,27-28,30-34,42,46,55H,7-8,10-13,15-18,20-21,24-26,45H2,1-2H3,(H2,47,50)(H,56,57)/b36-22-,46-40?. The third-order valence-corrected chi connectivity index (χ3v) is 13.1. The Hall–Kier alpha value is -5.15. The highest BCUT2D eigenvalue weighted by molar-refractivity contribution is 5.92. The lowest BCUT2D eigenvalue weighted by atomic mass is 9.91. The largest absolute Gasteiger partial charge is 0.507 e. The van der Waals surface area contributed by atoms with Crippen LogP contribution in [-0.2, 0) is 9.53 Å². The van der Waals surface area contributed by atoms with Gasteiger partial charge in [-0.15, -0.1) is 10.2 Å². The van der Waals surface area contributed by atoms with Gasteiger partial charge in [-0.3, -0.25) is 10.2 Å². The number of hydrogen-bond donors (Lipinski definition) is 5. The van der Waals surface area contributed by atoms with Crippen LogP contribution in [0.3, 0.4) is 0 Å². The van der Waals surface area contributed by atoms with Crippen molar-refractivity contribution < 1.29 is 24.5 Å². The van der Waals surface area contributed by atoms with Crippen LogP contribution in [0, 0.1) is 23.2 Å². The van der Waals surface area contributed by atoms with Crippen molar-refractivity contribution in [2.75, 3.05) is 61.3 Å². The molecule has 4 saturated heterocycles. The van der Waals surface area contributed by atoms with Crippen molar-refractivity contribution in [3.63, 3.8) is 0 Å². The molecule has 7 N–H and O–H groups in total. The number of nitrogens with zero attached hydrogens (tertiary/aromatic N) is 7. The summed E-state index contributed by atoms with van der Waals surface area (Å²) in [6, 6.07) is 13.9. The summed E-state index contributed by atoms with van der Waals surface area (Å²) < 4.78 is 12.9. The molecule has 0 amide bonds. The molecule has 59 heavy (non-hydrogen) atoms. The normalized spacial score (nSPS) is 24.9. The van der Waals surface area contributed by atoms with E-state index in [4.69, 9.17) is 26.4 Å². The lowest BCUT2D eigenvalue weighted by molar-refractivity contribution is -0.141. The molecule has 15 heteroatoms. The second kappa shape index (κ2) is 17.6. The molecule has 15 nitrogen and oxygen atoms in total. The maximum Gasteiger partial charge on any atom is 0.312 e. The molecule has 2 bridgehead atoms. The predicted molar refractivity (Wildman–Crippen MR) is 228 cm³/mol. The minimum absolute atomic E-state index is 0.102. The van der Waals surface area contributed by atoms with E-state index in [2.05, 4.69) is 42.0 Å². The molecule has 3 aromatic rings. The number of pyridine rings is 1. The fourth-order valence-electron chi connectivity index (χ4n) is 9.88. The van der Waals surface area contributed by atoms with Crippen LogP contribution >= 0.6 is 0 Å². The Morgan fingerprint density at radius 3 is 2.34 bits per heavy atom. The number of aromatic nitrogens is 3. The number of piperidine rings is 2. The first kappa shape index (κ1) is 40.6. The van der Waals surface area contributed by atoms with Crippen molar-refractivity contribution in [2.24, 2.45) is 23.5 Å². The lowest BCUT2D eigenvalue weighted by Crippen LogP contribution is -2.54. The summed E-state index contributed by atoms with van der Waals surface area (Å²) in [7, 11) is 0. The molecule has 3 atom stereocenters. The number of benzene rings is 1. The number of carboxylic acid groups (broad SMARTS) is 1. The van der Waals surface area contributed by atoms with Gasteiger partial charge in [0.2, 0.25) is 5.88 Å². The average Bonchev–Trinajstić information content (AvgIpc) is 3.47. The summed E-state index contributed by atoms with van der Waals surface area (Å²) in [5.74, 6) is 0.273. The topological polar surface area (TPSA) is 204 Å². The fraction of sp³-hybridized carbons (Fsp3) is 0.568. The monoisotopic (exact) mass is 808 g/mol. The van der Waals surface area contributed by atoms with Crippen LogP contribution in [0.5, 0.6) is 11.6 Å². The fourth-order valence-corrected chi connectivity index (χ4v) is 9.88. The van der Waals surface area contributed by atoms with Crippen LogP contribution in [0.4, 0.5) is 17.2 Å². The Bertz CT molecular complexity index is 1980. The maximum atomic E-state index is 11.6. The van der Waals surface area contributed by atoms with Crippen LogP contribution in [0.25, 0.3) is 11.3 Å². The molecule has 0 spiro atoms. The Labute approximate surface area is 346 Å². The SMILES string of the molecule is CC(C)C(C(=O)O)/C(N)=C/C(=N)N1CCC(CN2CCC(OC3CC(Oc4cc(N5C6CCC5CN(c5cc(-c7ccccc7O)nnc5N)C6)ccn4)C3)CC2)CC1. The molecule has 2 aromatic heterocycles. The number of phenols is 1. The van der Waals surface area contributed by atoms with Crippen LogP contribution in [0.15, 0.2) is 60.4 Å². The number of nitrogen functional groups attached to an aromatic ring is 1. The highest BCUT2D eigenvalue weighted by Gasteiger charge is 2.41. The van der Waals surface area contributed by atoms with Gasteiger partial charge in [-0.2, -0.15) is 0 Å². The van der Waals surface area contributed by atoms with E-state index in [0.29, 0.717) is 46.8 Å². The Kier molecular flexibility index (Phi) is 12.1. The molecule has 1 aliphatic carbocycles. The number of para-hydroxylation sites is 1. The number of nitrogens with two attached hydrogens (primary N) is 2. The Morgan fingerprint density at radius 1 is 0.949 bits per heavy atom. The lowest BCUT2D eigenvalue weighted by Gasteiger charge is -2.43. The quantitative estimate of drug-likeness (QED) is 0.114. The molecule has 4 aliphatic heterocycles. The smallest absolute Gasteiger partial charge is 0.312 e. The number of piperazine rings is 1. The molecule has 5 fully saturated rings. The van der Waals surface area contributed by atoms with Gasteiger partial charge in [0, 0.05) is 99.9 Å². The zero-order valence-electron chi connectivity index (χ0n) is 34.3. The van der Waals surface area contributed by atoms with E-state index < -0.39 is 11.9 Å². The Morgan fingerprint density at radius 2 is 1.66 bits per heavy atom. The average molecular weight is 809 g/mol. The van der Waals surface area contributed by atoms with Gasteiger partial charge in [0.15, 0.2) is 5.82 Å². The number of fused-ring (bicyclic) bond motifs is 2. The number of anilines is 3. The molecule has 6 heterocycles. The van der Waals surface area contributed by atoms with Crippen LogP contribution in [-0.4, -0.2) is 123 Å². The first-order valence-corrected chi connectivity index (χ1v) is 21.5. The number of aromatic hydroxyl groups is 1. The Balaban J connectivity index is 0.754. The molecule has 0 radical (unpaired) electrons. The summed E-state index contributed by atoms with van der Waals surface area (Å²) in [5.41, 5.74) is 16.0. The van der Waals surface area contributed by atoms with Gasteiger partial charge < -0.3 is 50.8 Å². The number of likely N-dealkylation sites (tertiary alicyclic amines) is 2. The minimum atomic E-state index is -0.944. The molecule has 5 aliphatic rings. The zero-order chi connectivity index (χ0) is 41.2. The number of aliphatic carboxylic acids is 1. The van der Waals surface area contributed by atoms with Crippen molar-refractivity contribution in [3.8, 4) is 22.9 Å². The molecule has 1 saturated carbocycles. The van der Waals surface area contributed by atoms with Gasteiger partial charge in [-0.05, 0) is 80.7 Å². The van der Waals surface area contributed by atoms with Crippen molar-refractivity contribution in [3.05, 3.63) is 60.4 Å². The number of carboxylic acids is 1. The third kappa shape index (κ3) is 9.20. The van der Waals surface area contributed by atoms with Crippen molar-refractivity contribution >= 4 is 29.0 Å². The molecular weight excluding hydrogens is 749 g/mol. The zero-order valence-corrected chi connectivity index (χ0v) is 34.3. The van der Waals surface area contributed by atoms with E-state index in [-0.39, 0.29) is 35.7 Å². The van der Waals surface area contributed by atoms with E-state index in [1.165, 1.54) is 0 Å². The summed E-state index contributed by atoms with van der Waals surface area (Å²) in [5, 5.41) is 37.0. The highest BCUT2D eigenvalue weighted by atomic mass is 16.5. The second-order valence-electron chi connectivity index (χ2n) is 17.6. The summed E-state index contributed by atoms with van der Waals surface area (Å²) in [4.78, 5) is 25.7. The predicted octanol–water partition coefficient (Wildman–Crippen LogP) is 4.96. The molecule has 8 rings (SSSR count). The van der Waals surface area contributed by atoms with Gasteiger partial charge in [-0.1, -0.05) is 26.0 Å². The van der Waals surface area contributed by atoms with E-state index in [1.54, 1.807) is 18.2 Å². The summed E-state index contributed by atoms with van der Waals surface area (Å²) in [6.45, 7) is 10.0. The minimum Gasteiger partial charge on any atom is -0.507 e. The van der Waals surface area contributed by atoms with Crippen molar-refractivity contribution in [1.82, 2.24) is 25.0 Å². The molecule has 3 unspecified atom stereocenters. The second-order valence-corrected chi connectivity index (χ2v) is 17.6. The molecule has 316 valence electrons. The van der Waals surface area contributed by atoms with Gasteiger partial charge in [0.05, 0.1) is 29.5 Å². The number of amidine groups is 1. The number of nitrogens with one attached hydrogen (secondary N) is 1. The van der Waals surface area contributed by atoms with Gasteiger partial charge in [-0.25, -0.2) is 4.98 Å². The van der Waals surface area contributed by atoms with Crippen molar-refractivity contribution in [2.45, 2.75) is 95.6 Å². The number of carbonyl (C=O) groups is 1. The van der Waals surface area contributed by atoms with Gasteiger partial charge >= 0.3 is 5.97 Å². The van der Waals surface area contributed by atoms with E-state index >= 15 is 0 Å². The van der Waals surface area contributed by atoms with Gasteiger partial charge in [0.25, 0.3) is 0 Å².